The Morgan fingerprint density at radius 2 is 2.16 bits per heavy atom. The van der Waals surface area contributed by atoms with E-state index in [9.17, 15) is 9.90 Å². The molecule has 4 heteroatoms. The molecule has 19 heavy (non-hydrogen) atoms. The van der Waals surface area contributed by atoms with Crippen LogP contribution < -0.4 is 5.32 Å². The first-order valence-electron chi connectivity index (χ1n) is 7.04. The molecule has 2 N–H and O–H groups in total. The Morgan fingerprint density at radius 3 is 2.84 bits per heavy atom. The van der Waals surface area contributed by atoms with Crippen LogP contribution in [0.2, 0.25) is 0 Å². The number of carbonyl (C=O) groups is 1. The largest absolute Gasteiger partial charge is 0.505 e. The second kappa shape index (κ2) is 6.04. The van der Waals surface area contributed by atoms with Gasteiger partial charge in [0.05, 0.1) is 0 Å². The standard InChI is InChI=1S/C15H22N2O2/c1-10(2)11-6-3-4-7-12(11)17-15(19)14-13(18)8-5-9-16-14/h5,8-12,18H,3-4,6-7H2,1-2H3,(H,17,19). The predicted molar refractivity (Wildman–Crippen MR) is 74.0 cm³/mol. The molecule has 1 amide bonds. The second-order valence-electron chi connectivity index (χ2n) is 5.64. The van der Waals surface area contributed by atoms with Crippen molar-refractivity contribution in [3.05, 3.63) is 24.0 Å². The molecule has 2 atom stereocenters. The number of hydrogen-bond donors (Lipinski definition) is 2. The third kappa shape index (κ3) is 3.25. The number of rotatable bonds is 3. The fourth-order valence-corrected chi connectivity index (χ4v) is 2.95. The van der Waals surface area contributed by atoms with Crippen LogP contribution in [-0.2, 0) is 0 Å². The fourth-order valence-electron chi connectivity index (χ4n) is 2.95. The van der Waals surface area contributed by atoms with Crippen molar-refractivity contribution in [1.29, 1.82) is 0 Å². The molecule has 4 nitrogen and oxygen atoms in total. The Morgan fingerprint density at radius 1 is 1.42 bits per heavy atom. The summed E-state index contributed by atoms with van der Waals surface area (Å²) in [5.41, 5.74) is 0.121. The van der Waals surface area contributed by atoms with E-state index in [1.807, 2.05) is 0 Å². The van der Waals surface area contributed by atoms with Crippen molar-refractivity contribution in [2.75, 3.05) is 0 Å². The number of amides is 1. The number of nitrogens with one attached hydrogen (secondary N) is 1. The van der Waals surface area contributed by atoms with E-state index in [0.717, 1.165) is 19.3 Å². The minimum absolute atomic E-state index is 0.0584. The lowest BCUT2D eigenvalue weighted by Crippen LogP contribution is -2.44. The van der Waals surface area contributed by atoms with Crippen molar-refractivity contribution in [2.45, 2.75) is 45.6 Å². The van der Waals surface area contributed by atoms with E-state index in [2.05, 4.69) is 24.1 Å². The van der Waals surface area contributed by atoms with E-state index in [-0.39, 0.29) is 23.4 Å². The smallest absolute Gasteiger partial charge is 0.273 e. The molecule has 1 aliphatic carbocycles. The van der Waals surface area contributed by atoms with E-state index in [0.29, 0.717) is 11.8 Å². The van der Waals surface area contributed by atoms with Gasteiger partial charge in [0.25, 0.3) is 5.91 Å². The van der Waals surface area contributed by atoms with Crippen LogP contribution in [0.25, 0.3) is 0 Å². The van der Waals surface area contributed by atoms with Crippen molar-refractivity contribution in [3.8, 4) is 5.75 Å². The molecular formula is C15H22N2O2. The number of aromatic nitrogens is 1. The average molecular weight is 262 g/mol. The average Bonchev–Trinajstić information content (AvgIpc) is 2.39. The molecule has 1 heterocycles. The van der Waals surface area contributed by atoms with Gasteiger partial charge in [-0.15, -0.1) is 0 Å². The first-order chi connectivity index (χ1) is 9.09. The molecule has 1 aromatic heterocycles. The van der Waals surface area contributed by atoms with Gasteiger partial charge in [-0.2, -0.15) is 0 Å². The summed E-state index contributed by atoms with van der Waals surface area (Å²) in [7, 11) is 0. The molecule has 2 rings (SSSR count). The summed E-state index contributed by atoms with van der Waals surface area (Å²) in [5, 5.41) is 12.7. The maximum Gasteiger partial charge on any atom is 0.273 e. The topological polar surface area (TPSA) is 62.2 Å². The van der Waals surface area contributed by atoms with Crippen molar-refractivity contribution in [1.82, 2.24) is 10.3 Å². The maximum absolute atomic E-state index is 12.2. The zero-order valence-corrected chi connectivity index (χ0v) is 11.6. The molecule has 0 spiro atoms. The molecule has 2 unspecified atom stereocenters. The van der Waals surface area contributed by atoms with E-state index in [1.54, 1.807) is 6.07 Å². The number of aromatic hydroxyl groups is 1. The molecule has 0 radical (unpaired) electrons. The molecule has 0 saturated heterocycles. The summed E-state index contributed by atoms with van der Waals surface area (Å²) in [4.78, 5) is 16.1. The van der Waals surface area contributed by atoms with Crippen molar-refractivity contribution >= 4 is 5.91 Å². The Kier molecular flexibility index (Phi) is 4.40. The highest BCUT2D eigenvalue weighted by Gasteiger charge is 2.29. The first kappa shape index (κ1) is 13.8. The first-order valence-corrected chi connectivity index (χ1v) is 7.04. The van der Waals surface area contributed by atoms with E-state index < -0.39 is 0 Å². The van der Waals surface area contributed by atoms with Gasteiger partial charge in [-0.3, -0.25) is 4.79 Å². The summed E-state index contributed by atoms with van der Waals surface area (Å²) in [5.74, 6) is 0.749. The lowest BCUT2D eigenvalue weighted by Gasteiger charge is -2.34. The molecule has 1 saturated carbocycles. The van der Waals surface area contributed by atoms with E-state index >= 15 is 0 Å². The van der Waals surface area contributed by atoms with Gasteiger partial charge in [-0.25, -0.2) is 4.98 Å². The van der Waals surface area contributed by atoms with Gasteiger partial charge in [-0.1, -0.05) is 26.7 Å². The lowest BCUT2D eigenvalue weighted by atomic mass is 9.78. The molecule has 1 aliphatic rings. The van der Waals surface area contributed by atoms with Crippen LogP contribution in [-0.4, -0.2) is 22.0 Å². The zero-order valence-electron chi connectivity index (χ0n) is 11.6. The van der Waals surface area contributed by atoms with Crippen molar-refractivity contribution in [2.24, 2.45) is 11.8 Å². The normalized spacial score (nSPS) is 23.3. The molecular weight excluding hydrogens is 240 g/mol. The maximum atomic E-state index is 12.2. The lowest BCUT2D eigenvalue weighted by molar-refractivity contribution is 0.0881. The predicted octanol–water partition coefficient (Wildman–Crippen LogP) is 2.73. The Hall–Kier alpha value is -1.58. The highest BCUT2D eigenvalue weighted by Crippen LogP contribution is 2.30. The summed E-state index contributed by atoms with van der Waals surface area (Å²) in [6.45, 7) is 4.40. The third-order valence-corrected chi connectivity index (χ3v) is 3.99. The quantitative estimate of drug-likeness (QED) is 0.880. The summed E-state index contributed by atoms with van der Waals surface area (Å²) >= 11 is 0. The van der Waals surface area contributed by atoms with Crippen molar-refractivity contribution < 1.29 is 9.90 Å². The number of pyridine rings is 1. The molecule has 0 bridgehead atoms. The van der Waals surface area contributed by atoms with Gasteiger partial charge in [0.2, 0.25) is 0 Å². The van der Waals surface area contributed by atoms with Gasteiger partial charge in [0, 0.05) is 12.2 Å². The van der Waals surface area contributed by atoms with Crippen molar-refractivity contribution in [3.63, 3.8) is 0 Å². The van der Waals surface area contributed by atoms with Gasteiger partial charge in [-0.05, 0) is 36.8 Å². The summed E-state index contributed by atoms with van der Waals surface area (Å²) in [6.07, 6.45) is 6.10. The van der Waals surface area contributed by atoms with Crippen LogP contribution in [0.15, 0.2) is 18.3 Å². The van der Waals surface area contributed by atoms with Crippen LogP contribution in [0.1, 0.15) is 50.0 Å². The third-order valence-electron chi connectivity index (χ3n) is 3.99. The van der Waals surface area contributed by atoms with Gasteiger partial charge < -0.3 is 10.4 Å². The fraction of sp³-hybridized carbons (Fsp3) is 0.600. The Bertz CT molecular complexity index is 446. The van der Waals surface area contributed by atoms with Crippen LogP contribution in [0.5, 0.6) is 5.75 Å². The number of carbonyl (C=O) groups excluding carboxylic acids is 1. The Balaban J connectivity index is 2.07. The van der Waals surface area contributed by atoms with Gasteiger partial charge in [0.1, 0.15) is 5.75 Å². The molecule has 0 aromatic carbocycles. The minimum atomic E-state index is -0.268. The zero-order chi connectivity index (χ0) is 13.8. The number of hydrogen-bond acceptors (Lipinski definition) is 3. The molecule has 104 valence electrons. The monoisotopic (exact) mass is 262 g/mol. The van der Waals surface area contributed by atoms with Crippen LogP contribution in [0, 0.1) is 11.8 Å². The van der Waals surface area contributed by atoms with E-state index in [1.165, 1.54) is 18.7 Å². The highest BCUT2D eigenvalue weighted by molar-refractivity contribution is 5.94. The Labute approximate surface area is 114 Å². The van der Waals surface area contributed by atoms with Crippen LogP contribution >= 0.6 is 0 Å². The van der Waals surface area contributed by atoms with Gasteiger partial charge in [0.15, 0.2) is 5.69 Å². The van der Waals surface area contributed by atoms with Crippen LogP contribution in [0.3, 0.4) is 0 Å². The summed E-state index contributed by atoms with van der Waals surface area (Å²) in [6, 6.07) is 3.30. The van der Waals surface area contributed by atoms with Gasteiger partial charge >= 0.3 is 0 Å². The minimum Gasteiger partial charge on any atom is -0.505 e. The highest BCUT2D eigenvalue weighted by atomic mass is 16.3. The number of nitrogens with zero attached hydrogens (tertiary/aromatic N) is 1. The van der Waals surface area contributed by atoms with Crippen LogP contribution in [0.4, 0.5) is 0 Å². The van der Waals surface area contributed by atoms with E-state index in [4.69, 9.17) is 0 Å². The summed E-state index contributed by atoms with van der Waals surface area (Å²) < 4.78 is 0. The SMILES string of the molecule is CC(C)C1CCCCC1NC(=O)c1ncccc1O. The molecule has 1 aromatic rings. The second-order valence-corrected chi connectivity index (χ2v) is 5.64. The molecule has 1 fully saturated rings. The molecule has 0 aliphatic heterocycles.